The lowest BCUT2D eigenvalue weighted by Crippen LogP contribution is -2.02. The van der Waals surface area contributed by atoms with Gasteiger partial charge in [0.2, 0.25) is 0 Å². The van der Waals surface area contributed by atoms with E-state index < -0.39 is 6.61 Å². The molecule has 2 nitrogen and oxygen atoms in total. The molecule has 2 rings (SSSR count). The highest BCUT2D eigenvalue weighted by atomic mass is 79.9. The maximum absolute atomic E-state index is 12.0. The van der Waals surface area contributed by atoms with E-state index in [0.717, 1.165) is 15.7 Å². The van der Waals surface area contributed by atoms with Crippen LogP contribution in [0.3, 0.4) is 0 Å². The third-order valence-electron chi connectivity index (χ3n) is 2.56. The highest BCUT2D eigenvalue weighted by Gasteiger charge is 2.04. The first kappa shape index (κ1) is 15.1. The van der Waals surface area contributed by atoms with Crippen LogP contribution in [0.4, 0.5) is 14.5 Å². The van der Waals surface area contributed by atoms with Crippen molar-refractivity contribution in [3.8, 4) is 5.75 Å². The molecule has 0 unspecified atom stereocenters. The molecule has 20 heavy (non-hydrogen) atoms. The van der Waals surface area contributed by atoms with E-state index in [2.05, 4.69) is 26.0 Å². The molecule has 0 heterocycles. The molecule has 106 valence electrons. The molecule has 2 aromatic rings. The molecule has 0 aliphatic rings. The fourth-order valence-electron chi connectivity index (χ4n) is 1.61. The summed E-state index contributed by atoms with van der Waals surface area (Å²) in [7, 11) is 0. The fourth-order valence-corrected chi connectivity index (χ4v) is 2.06. The molecular weight excluding hydrogens is 352 g/mol. The Bertz CT molecular complexity index is 578. The maximum atomic E-state index is 12.0. The molecule has 0 saturated heterocycles. The number of hydrogen-bond donors (Lipinski definition) is 1. The Labute approximate surface area is 128 Å². The lowest BCUT2D eigenvalue weighted by molar-refractivity contribution is -0.0498. The van der Waals surface area contributed by atoms with Gasteiger partial charge in [0.15, 0.2) is 0 Å². The standard InChI is InChI=1S/C14H11BrClF2NO/c15-12-6-1-9(7-13(12)16)8-19-10-2-4-11(5-3-10)20-14(17)18/h1-7,14,19H,8H2. The zero-order valence-corrected chi connectivity index (χ0v) is 12.6. The predicted molar refractivity (Wildman–Crippen MR) is 79.6 cm³/mol. The third kappa shape index (κ3) is 4.35. The molecule has 6 heteroatoms. The summed E-state index contributed by atoms with van der Waals surface area (Å²) < 4.78 is 29.1. The maximum Gasteiger partial charge on any atom is 0.387 e. The molecule has 0 atom stereocenters. The second-order valence-corrected chi connectivity index (χ2v) is 5.27. The molecule has 1 N–H and O–H groups in total. The molecule has 0 amide bonds. The van der Waals surface area contributed by atoms with Crippen molar-refractivity contribution in [2.45, 2.75) is 13.2 Å². The molecule has 0 fully saturated rings. The van der Waals surface area contributed by atoms with Gasteiger partial charge in [-0.05, 0) is 57.9 Å². The summed E-state index contributed by atoms with van der Waals surface area (Å²) in [6.07, 6.45) is 0. The van der Waals surface area contributed by atoms with Gasteiger partial charge < -0.3 is 10.1 Å². The highest BCUT2D eigenvalue weighted by Crippen LogP contribution is 2.24. The minimum absolute atomic E-state index is 0.136. The van der Waals surface area contributed by atoms with Crippen LogP contribution in [0.5, 0.6) is 5.75 Å². The van der Waals surface area contributed by atoms with E-state index in [1.165, 1.54) is 12.1 Å². The summed E-state index contributed by atoms with van der Waals surface area (Å²) >= 11 is 9.33. The smallest absolute Gasteiger partial charge is 0.387 e. The van der Waals surface area contributed by atoms with E-state index >= 15 is 0 Å². The summed E-state index contributed by atoms with van der Waals surface area (Å²) in [5.74, 6) is 0.136. The number of benzene rings is 2. The minimum atomic E-state index is -2.81. The van der Waals surface area contributed by atoms with Gasteiger partial charge in [0.05, 0.1) is 5.02 Å². The first-order valence-corrected chi connectivity index (χ1v) is 6.94. The Morgan fingerprint density at radius 1 is 1.15 bits per heavy atom. The SMILES string of the molecule is FC(F)Oc1ccc(NCc2ccc(Br)c(Cl)c2)cc1. The second-order valence-electron chi connectivity index (χ2n) is 4.00. The number of alkyl halides is 2. The number of nitrogens with one attached hydrogen (secondary N) is 1. The second kappa shape index (κ2) is 6.90. The molecule has 0 aliphatic carbocycles. The molecule has 0 radical (unpaired) electrons. The van der Waals surface area contributed by atoms with E-state index in [1.54, 1.807) is 12.1 Å². The molecule has 0 saturated carbocycles. The van der Waals surface area contributed by atoms with E-state index in [-0.39, 0.29) is 5.75 Å². The monoisotopic (exact) mass is 361 g/mol. The summed E-state index contributed by atoms with van der Waals surface area (Å²) in [5.41, 5.74) is 1.83. The van der Waals surface area contributed by atoms with Gasteiger partial charge in [-0.15, -0.1) is 0 Å². The van der Waals surface area contributed by atoms with Crippen LogP contribution in [0.15, 0.2) is 46.9 Å². The van der Waals surface area contributed by atoms with Crippen molar-refractivity contribution in [1.29, 1.82) is 0 Å². The number of anilines is 1. The summed E-state index contributed by atoms with van der Waals surface area (Å²) in [6.45, 7) is -2.22. The number of hydrogen-bond acceptors (Lipinski definition) is 2. The largest absolute Gasteiger partial charge is 0.435 e. The van der Waals surface area contributed by atoms with Crippen molar-refractivity contribution in [2.24, 2.45) is 0 Å². The van der Waals surface area contributed by atoms with E-state index in [1.807, 2.05) is 18.2 Å². The van der Waals surface area contributed by atoms with Gasteiger partial charge in [-0.2, -0.15) is 8.78 Å². The molecular formula is C14H11BrClF2NO. The highest BCUT2D eigenvalue weighted by molar-refractivity contribution is 9.10. The van der Waals surface area contributed by atoms with Crippen LogP contribution < -0.4 is 10.1 Å². The Hall–Kier alpha value is -1.33. The van der Waals surface area contributed by atoms with Crippen molar-refractivity contribution in [2.75, 3.05) is 5.32 Å². The van der Waals surface area contributed by atoms with Crippen molar-refractivity contribution in [1.82, 2.24) is 0 Å². The molecule has 0 spiro atoms. The predicted octanol–water partition coefficient (Wildman–Crippen LogP) is 5.32. The fraction of sp³-hybridized carbons (Fsp3) is 0.143. The van der Waals surface area contributed by atoms with Crippen molar-refractivity contribution < 1.29 is 13.5 Å². The van der Waals surface area contributed by atoms with Crippen LogP contribution in [0.25, 0.3) is 0 Å². The zero-order valence-electron chi connectivity index (χ0n) is 10.2. The van der Waals surface area contributed by atoms with Gasteiger partial charge in [0.1, 0.15) is 5.75 Å². The molecule has 2 aromatic carbocycles. The Morgan fingerprint density at radius 3 is 2.45 bits per heavy atom. The van der Waals surface area contributed by atoms with Gasteiger partial charge in [-0.1, -0.05) is 17.7 Å². The number of halogens is 4. The normalized spacial score (nSPS) is 10.7. The lowest BCUT2D eigenvalue weighted by atomic mass is 10.2. The van der Waals surface area contributed by atoms with Gasteiger partial charge in [0.25, 0.3) is 0 Å². The van der Waals surface area contributed by atoms with Crippen molar-refractivity contribution >= 4 is 33.2 Å². The molecule has 0 bridgehead atoms. The Kier molecular flexibility index (Phi) is 5.20. The van der Waals surface area contributed by atoms with Crippen molar-refractivity contribution in [3.63, 3.8) is 0 Å². The summed E-state index contributed by atoms with van der Waals surface area (Å²) in [6, 6.07) is 12.0. The van der Waals surface area contributed by atoms with Crippen molar-refractivity contribution in [3.05, 3.63) is 57.5 Å². The topological polar surface area (TPSA) is 21.3 Å². The average molecular weight is 363 g/mol. The van der Waals surface area contributed by atoms with Crippen LogP contribution >= 0.6 is 27.5 Å². The summed E-state index contributed by atoms with van der Waals surface area (Å²) in [4.78, 5) is 0. The van der Waals surface area contributed by atoms with E-state index in [9.17, 15) is 8.78 Å². The van der Waals surface area contributed by atoms with E-state index in [4.69, 9.17) is 11.6 Å². The van der Waals surface area contributed by atoms with Gasteiger partial charge >= 0.3 is 6.61 Å². The Balaban J connectivity index is 1.95. The van der Waals surface area contributed by atoms with Crippen LogP contribution in [0.2, 0.25) is 5.02 Å². The zero-order chi connectivity index (χ0) is 14.5. The summed E-state index contributed by atoms with van der Waals surface area (Å²) in [5, 5.41) is 3.81. The molecule has 0 aliphatic heterocycles. The third-order valence-corrected chi connectivity index (χ3v) is 3.79. The number of ether oxygens (including phenoxy) is 1. The van der Waals surface area contributed by atoms with Crippen LogP contribution in [-0.4, -0.2) is 6.61 Å². The van der Waals surface area contributed by atoms with Gasteiger partial charge in [-0.25, -0.2) is 0 Å². The first-order valence-electron chi connectivity index (χ1n) is 5.77. The van der Waals surface area contributed by atoms with Crippen LogP contribution in [0.1, 0.15) is 5.56 Å². The minimum Gasteiger partial charge on any atom is -0.435 e. The van der Waals surface area contributed by atoms with Gasteiger partial charge in [-0.3, -0.25) is 0 Å². The lowest BCUT2D eigenvalue weighted by Gasteiger charge is -2.09. The van der Waals surface area contributed by atoms with Crippen LogP contribution in [0, 0.1) is 0 Å². The van der Waals surface area contributed by atoms with Crippen LogP contribution in [-0.2, 0) is 6.54 Å². The van der Waals surface area contributed by atoms with E-state index in [0.29, 0.717) is 11.6 Å². The first-order chi connectivity index (χ1) is 9.54. The molecule has 0 aromatic heterocycles. The number of rotatable bonds is 5. The average Bonchev–Trinajstić information content (AvgIpc) is 2.41. The quantitative estimate of drug-likeness (QED) is 0.777. The Morgan fingerprint density at radius 2 is 1.85 bits per heavy atom. The van der Waals surface area contributed by atoms with Gasteiger partial charge in [0, 0.05) is 16.7 Å².